The lowest BCUT2D eigenvalue weighted by atomic mass is 10.0. The van der Waals surface area contributed by atoms with Crippen LogP contribution >= 0.6 is 0 Å². The van der Waals surface area contributed by atoms with Crippen LogP contribution in [0.2, 0.25) is 0 Å². The van der Waals surface area contributed by atoms with Gasteiger partial charge in [0.15, 0.2) is 0 Å². The molecular weight excluding hydrogens is 508 g/mol. The Morgan fingerprint density at radius 2 is 1.61 bits per heavy atom. The molecule has 5 heterocycles. The molecule has 2 aromatic carbocycles. The summed E-state index contributed by atoms with van der Waals surface area (Å²) < 4.78 is 2.54. The van der Waals surface area contributed by atoms with Crippen LogP contribution in [0.4, 0.5) is 5.69 Å². The number of nitrogens with zero attached hydrogens (tertiary/aromatic N) is 6. The fraction of sp³-hybridized carbons (Fsp3) is 0.559. The van der Waals surface area contributed by atoms with E-state index in [1.165, 1.54) is 78.6 Å². The van der Waals surface area contributed by atoms with Gasteiger partial charge in [-0.2, -0.15) is 0 Å². The van der Waals surface area contributed by atoms with E-state index in [1.807, 2.05) is 0 Å². The van der Waals surface area contributed by atoms with E-state index >= 15 is 0 Å². The van der Waals surface area contributed by atoms with Crippen LogP contribution in [0.3, 0.4) is 0 Å². The van der Waals surface area contributed by atoms with Crippen LogP contribution in [0.25, 0.3) is 32.8 Å². The van der Waals surface area contributed by atoms with Gasteiger partial charge < -0.3 is 29.3 Å². The van der Waals surface area contributed by atoms with Crippen molar-refractivity contribution < 1.29 is 5.11 Å². The van der Waals surface area contributed by atoms with Crippen LogP contribution in [0.5, 0.6) is 0 Å². The second kappa shape index (κ2) is 11.9. The molecule has 1 N–H and O–H groups in total. The fourth-order valence-corrected chi connectivity index (χ4v) is 7.36. The number of aromatic nitrogens is 2. The van der Waals surface area contributed by atoms with E-state index in [4.69, 9.17) is 4.98 Å². The first-order valence-electron chi connectivity index (χ1n) is 16.0. The van der Waals surface area contributed by atoms with Gasteiger partial charge in [-0.05, 0) is 69.8 Å². The summed E-state index contributed by atoms with van der Waals surface area (Å²) in [4.78, 5) is 15.6. The molecule has 0 spiro atoms. The minimum Gasteiger partial charge on any atom is -0.393 e. The van der Waals surface area contributed by atoms with E-state index < -0.39 is 0 Å². The molecular formula is C34H46N6O. The molecule has 0 radical (unpaired) electrons. The van der Waals surface area contributed by atoms with Gasteiger partial charge in [-0.25, -0.2) is 4.98 Å². The highest BCUT2D eigenvalue weighted by Gasteiger charge is 2.26. The Kier molecular flexibility index (Phi) is 7.87. The fourth-order valence-electron chi connectivity index (χ4n) is 7.36. The van der Waals surface area contributed by atoms with E-state index in [1.54, 1.807) is 0 Å². The molecule has 2 aromatic heterocycles. The first-order valence-corrected chi connectivity index (χ1v) is 16.0. The maximum atomic E-state index is 9.99. The molecule has 0 saturated carbocycles. The number of hydrogen-bond acceptors (Lipinski definition) is 6. The van der Waals surface area contributed by atoms with Crippen molar-refractivity contribution in [2.45, 2.75) is 51.2 Å². The van der Waals surface area contributed by atoms with Crippen molar-refractivity contribution in [2.24, 2.45) is 0 Å². The number of para-hydroxylation sites is 1. The number of hydrogen-bond donors (Lipinski definition) is 1. The Hall–Kier alpha value is -2.71. The van der Waals surface area contributed by atoms with Gasteiger partial charge in [0.2, 0.25) is 0 Å². The molecule has 0 unspecified atom stereocenters. The van der Waals surface area contributed by atoms with E-state index in [-0.39, 0.29) is 6.10 Å². The van der Waals surface area contributed by atoms with E-state index in [2.05, 4.69) is 73.7 Å². The van der Waals surface area contributed by atoms with Crippen molar-refractivity contribution in [1.29, 1.82) is 0 Å². The van der Waals surface area contributed by atoms with Crippen LogP contribution < -0.4 is 4.90 Å². The average molecular weight is 555 g/mol. The van der Waals surface area contributed by atoms with E-state index in [9.17, 15) is 5.11 Å². The Balaban J connectivity index is 1.18. The molecule has 7 heteroatoms. The monoisotopic (exact) mass is 554 g/mol. The topological polar surface area (TPSA) is 51.0 Å². The second-order valence-electron chi connectivity index (χ2n) is 12.7. The number of pyridine rings is 1. The van der Waals surface area contributed by atoms with Crippen molar-refractivity contribution in [2.75, 3.05) is 77.4 Å². The van der Waals surface area contributed by atoms with Gasteiger partial charge >= 0.3 is 0 Å². The molecule has 0 bridgehead atoms. The first-order chi connectivity index (χ1) is 20.1. The van der Waals surface area contributed by atoms with Crippen LogP contribution in [0.1, 0.15) is 37.7 Å². The summed E-state index contributed by atoms with van der Waals surface area (Å²) in [6.45, 7) is 12.2. The number of aryl methyl sites for hydroxylation is 2. The number of fused-ring (bicyclic) bond motifs is 5. The van der Waals surface area contributed by atoms with Crippen molar-refractivity contribution in [3.63, 3.8) is 0 Å². The summed E-state index contributed by atoms with van der Waals surface area (Å²) in [5.74, 6) is 0. The predicted molar refractivity (Wildman–Crippen MR) is 170 cm³/mol. The summed E-state index contributed by atoms with van der Waals surface area (Å²) in [7, 11) is 2.23. The van der Waals surface area contributed by atoms with Crippen LogP contribution in [0.15, 0.2) is 42.5 Å². The molecule has 0 atom stereocenters. The van der Waals surface area contributed by atoms with Gasteiger partial charge in [-0.15, -0.1) is 0 Å². The van der Waals surface area contributed by atoms with Crippen LogP contribution in [-0.4, -0.2) is 108 Å². The first kappa shape index (κ1) is 27.1. The number of aliphatic hydroxyl groups is 1. The quantitative estimate of drug-likeness (QED) is 0.322. The number of likely N-dealkylation sites (N-methyl/N-ethyl adjacent to an activating group) is 1. The number of benzene rings is 2. The Morgan fingerprint density at radius 1 is 0.805 bits per heavy atom. The third-order valence-electron chi connectivity index (χ3n) is 9.87. The lowest BCUT2D eigenvalue weighted by Gasteiger charge is -2.33. The maximum absolute atomic E-state index is 9.99. The molecule has 0 amide bonds. The molecule has 41 heavy (non-hydrogen) atoms. The molecule has 3 aliphatic rings. The van der Waals surface area contributed by atoms with Gasteiger partial charge in [-0.3, -0.25) is 0 Å². The third-order valence-corrected chi connectivity index (χ3v) is 9.87. The molecule has 2 fully saturated rings. The van der Waals surface area contributed by atoms with Gasteiger partial charge in [0.05, 0.1) is 33.9 Å². The van der Waals surface area contributed by atoms with Gasteiger partial charge in [0.25, 0.3) is 0 Å². The van der Waals surface area contributed by atoms with Crippen LogP contribution in [0, 0.1) is 0 Å². The average Bonchev–Trinajstić information content (AvgIpc) is 3.17. The number of aliphatic hydroxyl groups excluding tert-OH is 1. The Bertz CT molecular complexity index is 1500. The lowest BCUT2D eigenvalue weighted by Crippen LogP contribution is -2.44. The van der Waals surface area contributed by atoms with Gasteiger partial charge in [-0.1, -0.05) is 30.3 Å². The zero-order valence-corrected chi connectivity index (χ0v) is 24.8. The number of piperidine rings is 1. The lowest BCUT2D eigenvalue weighted by molar-refractivity contribution is 0.0838. The van der Waals surface area contributed by atoms with Crippen molar-refractivity contribution in [3.8, 4) is 0 Å². The molecule has 7 nitrogen and oxygen atoms in total. The molecule has 4 aromatic rings. The second-order valence-corrected chi connectivity index (χ2v) is 12.7. The number of piperazine rings is 1. The summed E-state index contributed by atoms with van der Waals surface area (Å²) in [5, 5.41) is 12.6. The minimum absolute atomic E-state index is 0.120. The number of anilines is 1. The highest BCUT2D eigenvalue weighted by Crippen LogP contribution is 2.41. The molecule has 2 saturated heterocycles. The standard InChI is InChI=1S/C34H46N6O/c1-36-19-21-37(22-20-36)14-5-4-7-26-10-11-28-30(25-26)35-32-29-8-2-3-9-31(29)40-16-6-15-39(33(28)34(32)40)24-23-38-17-12-27(41)13-18-38/h2-3,8-11,25,27,41H,4-7,12-24H2,1H3. The highest BCUT2D eigenvalue weighted by atomic mass is 16.3. The van der Waals surface area contributed by atoms with Crippen molar-refractivity contribution in [3.05, 3.63) is 48.0 Å². The largest absolute Gasteiger partial charge is 0.393 e. The molecule has 0 aliphatic carbocycles. The Labute approximate surface area is 244 Å². The third kappa shape index (κ3) is 5.57. The number of likely N-dealkylation sites (tertiary alicyclic amines) is 1. The summed E-state index contributed by atoms with van der Waals surface area (Å²) in [5.41, 5.74) is 7.69. The zero-order valence-electron chi connectivity index (χ0n) is 24.8. The summed E-state index contributed by atoms with van der Waals surface area (Å²) in [6, 6.07) is 16.0. The Morgan fingerprint density at radius 3 is 2.46 bits per heavy atom. The summed E-state index contributed by atoms with van der Waals surface area (Å²) >= 11 is 0. The molecule has 3 aliphatic heterocycles. The van der Waals surface area contributed by atoms with E-state index in [0.717, 1.165) is 76.0 Å². The van der Waals surface area contributed by atoms with Crippen molar-refractivity contribution in [1.82, 2.24) is 24.3 Å². The molecule has 218 valence electrons. The SMILES string of the molecule is CN1CCN(CCCCc2ccc3c4c5c(nc3c2)c2ccccc2n5CCCN4CCN2CCC(O)CC2)CC1. The zero-order chi connectivity index (χ0) is 27.8. The normalized spacial score (nSPS) is 20.0. The van der Waals surface area contributed by atoms with Crippen molar-refractivity contribution >= 4 is 38.5 Å². The number of rotatable bonds is 8. The van der Waals surface area contributed by atoms with Gasteiger partial charge in [0, 0.05) is 76.2 Å². The maximum Gasteiger partial charge on any atom is 0.0988 e. The number of unbranched alkanes of at least 4 members (excludes halogenated alkanes) is 1. The molecule has 7 rings (SSSR count). The summed E-state index contributed by atoms with van der Waals surface area (Å²) in [6.07, 6.45) is 6.41. The highest BCUT2D eigenvalue weighted by molar-refractivity contribution is 6.16. The smallest absolute Gasteiger partial charge is 0.0988 e. The van der Waals surface area contributed by atoms with Crippen LogP contribution in [-0.2, 0) is 13.0 Å². The predicted octanol–water partition coefficient (Wildman–Crippen LogP) is 4.58. The minimum atomic E-state index is -0.120. The van der Waals surface area contributed by atoms with E-state index in [0.29, 0.717) is 0 Å². The van der Waals surface area contributed by atoms with Gasteiger partial charge in [0.1, 0.15) is 0 Å².